The maximum atomic E-state index is 12.9. The van der Waals surface area contributed by atoms with Crippen LogP contribution in [0.15, 0.2) is 42.5 Å². The molecule has 0 bridgehead atoms. The SMILES string of the molecule is O=C(N[C@H](Cc1ccc([N+](=O)[O-])cc1)C(=O)O)c1cc(C(F)(F)F)cc(C(F)(F)F)c1. The second kappa shape index (κ2) is 8.62. The number of aliphatic carboxylic acids is 1. The van der Waals surface area contributed by atoms with Crippen molar-refractivity contribution in [3.8, 4) is 0 Å². The van der Waals surface area contributed by atoms with E-state index in [0.29, 0.717) is 0 Å². The maximum absolute atomic E-state index is 12.9. The Hall–Kier alpha value is -3.64. The first-order chi connectivity index (χ1) is 14.2. The number of non-ortho nitro benzene ring substituents is 1. The van der Waals surface area contributed by atoms with Crippen molar-refractivity contribution in [2.24, 2.45) is 0 Å². The monoisotopic (exact) mass is 450 g/mol. The third-order valence-electron chi connectivity index (χ3n) is 4.04. The van der Waals surface area contributed by atoms with Crippen LogP contribution in [0.5, 0.6) is 0 Å². The second-order valence-corrected chi connectivity index (χ2v) is 6.29. The molecule has 0 aliphatic carbocycles. The summed E-state index contributed by atoms with van der Waals surface area (Å²) in [5.74, 6) is -3.08. The Kier molecular flexibility index (Phi) is 6.57. The fraction of sp³-hybridized carbons (Fsp3) is 0.222. The first-order valence-electron chi connectivity index (χ1n) is 8.25. The third-order valence-corrected chi connectivity index (χ3v) is 4.04. The van der Waals surface area contributed by atoms with Crippen molar-refractivity contribution in [2.75, 3.05) is 0 Å². The van der Waals surface area contributed by atoms with Crippen LogP contribution in [0.2, 0.25) is 0 Å². The highest BCUT2D eigenvalue weighted by atomic mass is 19.4. The summed E-state index contributed by atoms with van der Waals surface area (Å²) in [4.78, 5) is 33.6. The molecule has 7 nitrogen and oxygen atoms in total. The third kappa shape index (κ3) is 6.17. The summed E-state index contributed by atoms with van der Waals surface area (Å²) in [6, 6.07) is 3.00. The number of hydrogen-bond donors (Lipinski definition) is 2. The molecule has 2 N–H and O–H groups in total. The van der Waals surface area contributed by atoms with E-state index in [4.69, 9.17) is 0 Å². The van der Waals surface area contributed by atoms with Crippen molar-refractivity contribution < 1.29 is 46.0 Å². The van der Waals surface area contributed by atoms with Gasteiger partial charge in [0.05, 0.1) is 16.1 Å². The summed E-state index contributed by atoms with van der Waals surface area (Å²) >= 11 is 0. The van der Waals surface area contributed by atoms with Crippen molar-refractivity contribution in [2.45, 2.75) is 24.8 Å². The first-order valence-corrected chi connectivity index (χ1v) is 8.25. The second-order valence-electron chi connectivity index (χ2n) is 6.29. The van der Waals surface area contributed by atoms with Crippen molar-refractivity contribution in [3.05, 3.63) is 74.8 Å². The number of nitro benzene ring substituents is 1. The number of nitrogens with one attached hydrogen (secondary N) is 1. The molecular formula is C18H12F6N2O5. The van der Waals surface area contributed by atoms with Crippen LogP contribution in [0.3, 0.4) is 0 Å². The van der Waals surface area contributed by atoms with Crippen LogP contribution >= 0.6 is 0 Å². The van der Waals surface area contributed by atoms with Gasteiger partial charge < -0.3 is 10.4 Å². The van der Waals surface area contributed by atoms with Crippen molar-refractivity contribution in [3.63, 3.8) is 0 Å². The topological polar surface area (TPSA) is 110 Å². The Morgan fingerprint density at radius 3 is 1.84 bits per heavy atom. The number of rotatable bonds is 6. The lowest BCUT2D eigenvalue weighted by atomic mass is 10.0. The highest BCUT2D eigenvalue weighted by molar-refractivity contribution is 5.97. The smallest absolute Gasteiger partial charge is 0.416 e. The van der Waals surface area contributed by atoms with Crippen LogP contribution < -0.4 is 5.32 Å². The Morgan fingerprint density at radius 2 is 1.45 bits per heavy atom. The molecule has 0 heterocycles. The molecule has 2 aromatic carbocycles. The molecule has 13 heteroatoms. The Morgan fingerprint density at radius 1 is 0.968 bits per heavy atom. The molecule has 31 heavy (non-hydrogen) atoms. The van der Waals surface area contributed by atoms with Crippen LogP contribution in [-0.2, 0) is 23.6 Å². The average Bonchev–Trinajstić information content (AvgIpc) is 2.66. The fourth-order valence-corrected chi connectivity index (χ4v) is 2.52. The van der Waals surface area contributed by atoms with Gasteiger partial charge in [0.25, 0.3) is 11.6 Å². The predicted octanol–water partition coefficient (Wildman–Crippen LogP) is 4.06. The van der Waals surface area contributed by atoms with Crippen molar-refractivity contribution in [1.29, 1.82) is 0 Å². The number of hydrogen-bond acceptors (Lipinski definition) is 4. The molecular weight excluding hydrogens is 438 g/mol. The molecule has 166 valence electrons. The van der Waals surface area contributed by atoms with E-state index in [1.165, 1.54) is 12.1 Å². The normalized spacial score (nSPS) is 12.8. The molecule has 0 aliphatic rings. The quantitative estimate of drug-likeness (QED) is 0.392. The molecule has 0 fully saturated rings. The number of nitrogens with zero attached hydrogens (tertiary/aromatic N) is 1. The van der Waals surface area contributed by atoms with Crippen LogP contribution in [0.1, 0.15) is 27.0 Å². The maximum Gasteiger partial charge on any atom is 0.416 e. The summed E-state index contributed by atoms with van der Waals surface area (Å²) in [5, 5.41) is 21.8. The van der Waals surface area contributed by atoms with Crippen LogP contribution in [0, 0.1) is 10.1 Å². The Bertz CT molecular complexity index is 970. The summed E-state index contributed by atoms with van der Waals surface area (Å²) in [5.41, 5.74) is -4.55. The molecule has 1 amide bonds. The molecule has 0 saturated heterocycles. The number of carboxylic acid groups (broad SMARTS) is 1. The minimum absolute atomic E-state index is 0.164. The van der Waals surface area contributed by atoms with Gasteiger partial charge in [0, 0.05) is 24.1 Å². The molecule has 0 spiro atoms. The number of nitro groups is 1. The number of halogens is 6. The fourth-order valence-electron chi connectivity index (χ4n) is 2.52. The molecule has 0 aromatic heterocycles. The van der Waals surface area contributed by atoms with Crippen LogP contribution in [0.4, 0.5) is 32.0 Å². The standard InChI is InChI=1S/C18H12F6N2O5/c19-17(20,21)11-6-10(7-12(8-11)18(22,23)24)15(27)25-14(16(28)29)5-9-1-3-13(4-2-9)26(30)31/h1-4,6-8,14H,5H2,(H,25,27)(H,28,29)/t14-/m1/s1. The number of carbonyl (C=O) groups is 2. The van der Waals surface area contributed by atoms with E-state index < -0.39 is 58.3 Å². The Balaban J connectivity index is 2.31. The molecule has 1 atom stereocenters. The largest absolute Gasteiger partial charge is 0.480 e. The summed E-state index contributed by atoms with van der Waals surface area (Å²) in [7, 11) is 0. The Labute approximate surface area is 169 Å². The molecule has 0 unspecified atom stereocenters. The highest BCUT2D eigenvalue weighted by Gasteiger charge is 2.37. The van der Waals surface area contributed by atoms with E-state index in [0.717, 1.165) is 12.1 Å². The summed E-state index contributed by atoms with van der Waals surface area (Å²) in [6.45, 7) is 0. The van der Waals surface area contributed by atoms with Crippen LogP contribution in [0.25, 0.3) is 0 Å². The van der Waals surface area contributed by atoms with Gasteiger partial charge in [0.15, 0.2) is 0 Å². The van der Waals surface area contributed by atoms with Gasteiger partial charge in [-0.15, -0.1) is 0 Å². The van der Waals surface area contributed by atoms with E-state index in [1.54, 1.807) is 0 Å². The molecule has 2 rings (SSSR count). The van der Waals surface area contributed by atoms with Gasteiger partial charge in [-0.25, -0.2) is 4.79 Å². The number of carbonyl (C=O) groups excluding carboxylic acids is 1. The van der Waals surface area contributed by atoms with E-state index in [-0.39, 0.29) is 29.4 Å². The highest BCUT2D eigenvalue weighted by Crippen LogP contribution is 2.36. The lowest BCUT2D eigenvalue weighted by molar-refractivity contribution is -0.384. The summed E-state index contributed by atoms with van der Waals surface area (Å²) < 4.78 is 77.6. The van der Waals surface area contributed by atoms with Gasteiger partial charge in [-0.1, -0.05) is 12.1 Å². The average molecular weight is 450 g/mol. The van der Waals surface area contributed by atoms with Gasteiger partial charge in [-0.3, -0.25) is 14.9 Å². The van der Waals surface area contributed by atoms with Gasteiger partial charge in [0.1, 0.15) is 6.04 Å². The molecule has 0 radical (unpaired) electrons. The first kappa shape index (κ1) is 23.6. The van der Waals surface area contributed by atoms with Crippen molar-refractivity contribution in [1.82, 2.24) is 5.32 Å². The lowest BCUT2D eigenvalue weighted by Gasteiger charge is -2.17. The van der Waals surface area contributed by atoms with Crippen molar-refractivity contribution >= 4 is 17.6 Å². The zero-order valence-corrected chi connectivity index (χ0v) is 15.1. The van der Waals surface area contributed by atoms with Gasteiger partial charge >= 0.3 is 18.3 Å². The van der Waals surface area contributed by atoms with Gasteiger partial charge in [0.2, 0.25) is 0 Å². The van der Waals surface area contributed by atoms with E-state index in [1.807, 2.05) is 5.32 Å². The lowest BCUT2D eigenvalue weighted by Crippen LogP contribution is -2.42. The van der Waals surface area contributed by atoms with E-state index in [2.05, 4.69) is 0 Å². The van der Waals surface area contributed by atoms with Crippen LogP contribution in [-0.4, -0.2) is 27.9 Å². The number of benzene rings is 2. The van der Waals surface area contributed by atoms with Gasteiger partial charge in [-0.05, 0) is 23.8 Å². The zero-order valence-electron chi connectivity index (χ0n) is 15.1. The zero-order chi connectivity index (χ0) is 23.6. The molecule has 2 aromatic rings. The minimum Gasteiger partial charge on any atom is -0.480 e. The number of carboxylic acids is 1. The predicted molar refractivity (Wildman–Crippen MR) is 92.1 cm³/mol. The number of amides is 1. The molecule has 0 saturated carbocycles. The summed E-state index contributed by atoms with van der Waals surface area (Å²) in [6.07, 6.45) is -10.8. The molecule has 0 aliphatic heterocycles. The minimum atomic E-state index is -5.18. The number of alkyl halides is 6. The van der Waals surface area contributed by atoms with E-state index >= 15 is 0 Å². The van der Waals surface area contributed by atoms with E-state index in [9.17, 15) is 51.2 Å². The van der Waals surface area contributed by atoms with Gasteiger partial charge in [-0.2, -0.15) is 26.3 Å².